The number of aliphatic carboxylic acids is 1. The summed E-state index contributed by atoms with van der Waals surface area (Å²) in [4.78, 5) is 11.4. The molecule has 0 fully saturated rings. The van der Waals surface area contributed by atoms with Crippen LogP contribution in [0.5, 0.6) is 5.75 Å². The van der Waals surface area contributed by atoms with Crippen molar-refractivity contribution in [3.05, 3.63) is 29.8 Å². The standard InChI is InChI=1S/C15H21F2NO3/c1-4-9-15(3,13(19)20)18-10(2)11-5-7-12(8-6-11)21-14(16)17/h5-8,10,14,18H,4,9H2,1-3H3,(H,19,20). The molecule has 1 aromatic rings. The van der Waals surface area contributed by atoms with E-state index in [-0.39, 0.29) is 11.8 Å². The highest BCUT2D eigenvalue weighted by Crippen LogP contribution is 2.23. The topological polar surface area (TPSA) is 58.6 Å². The zero-order valence-corrected chi connectivity index (χ0v) is 12.4. The first-order chi connectivity index (χ1) is 9.78. The Kier molecular flexibility index (Phi) is 6.08. The molecule has 1 rings (SSSR count). The molecule has 6 heteroatoms. The number of carbonyl (C=O) groups is 1. The molecule has 1 aromatic carbocycles. The third-order valence-electron chi connectivity index (χ3n) is 3.36. The maximum atomic E-state index is 12.1. The summed E-state index contributed by atoms with van der Waals surface area (Å²) in [6, 6.07) is 5.95. The fraction of sp³-hybridized carbons (Fsp3) is 0.533. The van der Waals surface area contributed by atoms with Crippen LogP contribution in [0.4, 0.5) is 8.78 Å². The minimum Gasteiger partial charge on any atom is -0.480 e. The summed E-state index contributed by atoms with van der Waals surface area (Å²) in [6.45, 7) is 2.54. The van der Waals surface area contributed by atoms with Crippen LogP contribution in [0.15, 0.2) is 24.3 Å². The average Bonchev–Trinajstić information content (AvgIpc) is 2.38. The van der Waals surface area contributed by atoms with Crippen molar-refractivity contribution in [3.8, 4) is 5.75 Å². The smallest absolute Gasteiger partial charge is 0.387 e. The predicted octanol–water partition coefficient (Wildman–Crippen LogP) is 3.58. The lowest BCUT2D eigenvalue weighted by Gasteiger charge is -2.30. The van der Waals surface area contributed by atoms with Gasteiger partial charge in [-0.15, -0.1) is 0 Å². The summed E-state index contributed by atoms with van der Waals surface area (Å²) in [5.74, 6) is -0.829. The van der Waals surface area contributed by atoms with Crippen LogP contribution >= 0.6 is 0 Å². The molecular formula is C15H21F2NO3. The van der Waals surface area contributed by atoms with Gasteiger partial charge in [-0.3, -0.25) is 10.1 Å². The van der Waals surface area contributed by atoms with Gasteiger partial charge in [-0.1, -0.05) is 25.5 Å². The number of alkyl halides is 2. The van der Waals surface area contributed by atoms with Crippen molar-refractivity contribution >= 4 is 5.97 Å². The first kappa shape index (κ1) is 17.4. The van der Waals surface area contributed by atoms with Crippen LogP contribution in [0, 0.1) is 0 Å². The normalized spacial score (nSPS) is 15.5. The predicted molar refractivity (Wildman–Crippen MR) is 75.6 cm³/mol. The molecule has 4 nitrogen and oxygen atoms in total. The van der Waals surface area contributed by atoms with E-state index in [1.54, 1.807) is 19.1 Å². The molecule has 0 bridgehead atoms. The third-order valence-corrected chi connectivity index (χ3v) is 3.36. The third kappa shape index (κ3) is 4.97. The Balaban J connectivity index is 2.78. The van der Waals surface area contributed by atoms with E-state index in [9.17, 15) is 18.7 Å². The summed E-state index contributed by atoms with van der Waals surface area (Å²) in [5, 5.41) is 12.4. The number of rotatable bonds is 8. The van der Waals surface area contributed by atoms with E-state index in [4.69, 9.17) is 0 Å². The minimum atomic E-state index is -2.86. The average molecular weight is 301 g/mol. The highest BCUT2D eigenvalue weighted by molar-refractivity contribution is 5.78. The van der Waals surface area contributed by atoms with Gasteiger partial charge in [0.2, 0.25) is 0 Å². The number of halogens is 2. The largest absolute Gasteiger partial charge is 0.480 e. The molecule has 2 unspecified atom stereocenters. The number of hydrogen-bond donors (Lipinski definition) is 2. The van der Waals surface area contributed by atoms with Gasteiger partial charge in [-0.05, 0) is 38.0 Å². The van der Waals surface area contributed by atoms with Crippen LogP contribution in [0.1, 0.15) is 45.2 Å². The molecule has 0 radical (unpaired) electrons. The van der Waals surface area contributed by atoms with Crippen molar-refractivity contribution in [3.63, 3.8) is 0 Å². The minimum absolute atomic E-state index is 0.0792. The molecule has 2 N–H and O–H groups in total. The number of hydrogen-bond acceptors (Lipinski definition) is 3. The van der Waals surface area contributed by atoms with Crippen molar-refractivity contribution in [2.75, 3.05) is 0 Å². The van der Waals surface area contributed by atoms with Crippen LogP contribution in [-0.4, -0.2) is 23.2 Å². The molecule has 21 heavy (non-hydrogen) atoms. The summed E-state index contributed by atoms with van der Waals surface area (Å²) in [7, 11) is 0. The van der Waals surface area contributed by atoms with Crippen LogP contribution < -0.4 is 10.1 Å². The number of benzene rings is 1. The molecule has 0 saturated heterocycles. The Hall–Kier alpha value is -1.69. The molecule has 0 saturated carbocycles. The Morgan fingerprint density at radius 2 is 1.95 bits per heavy atom. The first-order valence-corrected chi connectivity index (χ1v) is 6.84. The second-order valence-corrected chi connectivity index (χ2v) is 5.20. The molecule has 0 aliphatic carbocycles. The van der Waals surface area contributed by atoms with E-state index in [1.807, 2.05) is 13.8 Å². The van der Waals surface area contributed by atoms with Gasteiger partial charge in [0.25, 0.3) is 0 Å². The van der Waals surface area contributed by atoms with Crippen molar-refractivity contribution in [2.24, 2.45) is 0 Å². The Bertz CT molecular complexity index is 464. The van der Waals surface area contributed by atoms with Gasteiger partial charge in [0.1, 0.15) is 11.3 Å². The van der Waals surface area contributed by atoms with Crippen molar-refractivity contribution in [1.82, 2.24) is 5.32 Å². The van der Waals surface area contributed by atoms with Gasteiger partial charge >= 0.3 is 12.6 Å². The fourth-order valence-corrected chi connectivity index (χ4v) is 2.24. The Labute approximate surface area is 123 Å². The van der Waals surface area contributed by atoms with E-state index in [1.165, 1.54) is 12.1 Å². The highest BCUT2D eigenvalue weighted by atomic mass is 19.3. The molecule has 0 aliphatic rings. The number of nitrogens with one attached hydrogen (secondary N) is 1. The summed E-state index contributed by atoms with van der Waals surface area (Å²) < 4.78 is 28.4. The lowest BCUT2D eigenvalue weighted by Crippen LogP contribution is -2.50. The van der Waals surface area contributed by atoms with Crippen molar-refractivity contribution in [2.45, 2.75) is 51.8 Å². The molecule has 0 spiro atoms. The monoisotopic (exact) mass is 301 g/mol. The van der Waals surface area contributed by atoms with Crippen molar-refractivity contribution in [1.29, 1.82) is 0 Å². The molecule has 0 aliphatic heterocycles. The van der Waals surface area contributed by atoms with Gasteiger partial charge < -0.3 is 9.84 Å². The van der Waals surface area contributed by atoms with Crippen LogP contribution in [0.25, 0.3) is 0 Å². The second-order valence-electron chi connectivity index (χ2n) is 5.20. The van der Waals surface area contributed by atoms with Crippen molar-refractivity contribution < 1.29 is 23.4 Å². The van der Waals surface area contributed by atoms with Crippen LogP contribution in [0.3, 0.4) is 0 Å². The number of ether oxygens (including phenoxy) is 1. The van der Waals surface area contributed by atoms with Gasteiger partial charge in [-0.2, -0.15) is 8.78 Å². The molecule has 118 valence electrons. The number of carboxylic acids is 1. The highest BCUT2D eigenvalue weighted by Gasteiger charge is 2.33. The maximum absolute atomic E-state index is 12.1. The Morgan fingerprint density at radius 3 is 2.38 bits per heavy atom. The van der Waals surface area contributed by atoms with Gasteiger partial charge in [-0.25, -0.2) is 0 Å². The van der Waals surface area contributed by atoms with E-state index in [0.717, 1.165) is 12.0 Å². The molecular weight excluding hydrogens is 280 g/mol. The van der Waals surface area contributed by atoms with Crippen LogP contribution in [0.2, 0.25) is 0 Å². The van der Waals surface area contributed by atoms with E-state index in [0.29, 0.717) is 6.42 Å². The van der Waals surface area contributed by atoms with Gasteiger partial charge in [0, 0.05) is 6.04 Å². The lowest BCUT2D eigenvalue weighted by molar-refractivity contribution is -0.144. The van der Waals surface area contributed by atoms with Crippen LogP contribution in [-0.2, 0) is 4.79 Å². The quantitative estimate of drug-likeness (QED) is 0.770. The zero-order chi connectivity index (χ0) is 16.0. The maximum Gasteiger partial charge on any atom is 0.387 e. The van der Waals surface area contributed by atoms with Gasteiger partial charge in [0.15, 0.2) is 0 Å². The van der Waals surface area contributed by atoms with E-state index >= 15 is 0 Å². The summed E-state index contributed by atoms with van der Waals surface area (Å²) in [5.41, 5.74) is -0.216. The molecule has 2 atom stereocenters. The second kappa shape index (κ2) is 7.36. The Morgan fingerprint density at radius 1 is 1.38 bits per heavy atom. The summed E-state index contributed by atoms with van der Waals surface area (Å²) in [6.07, 6.45) is 1.24. The molecule has 0 amide bonds. The number of carboxylic acid groups (broad SMARTS) is 1. The lowest BCUT2D eigenvalue weighted by atomic mass is 9.94. The molecule has 0 heterocycles. The van der Waals surface area contributed by atoms with Gasteiger partial charge in [0.05, 0.1) is 0 Å². The fourth-order valence-electron chi connectivity index (χ4n) is 2.24. The van der Waals surface area contributed by atoms with E-state index < -0.39 is 18.1 Å². The SMILES string of the molecule is CCCC(C)(NC(C)c1ccc(OC(F)F)cc1)C(=O)O. The molecule has 0 aromatic heterocycles. The first-order valence-electron chi connectivity index (χ1n) is 6.84. The zero-order valence-electron chi connectivity index (χ0n) is 12.4. The van der Waals surface area contributed by atoms with E-state index in [2.05, 4.69) is 10.1 Å². The summed E-state index contributed by atoms with van der Waals surface area (Å²) >= 11 is 0.